The van der Waals surface area contributed by atoms with Crippen LogP contribution in [-0.2, 0) is 6.42 Å². The normalized spacial score (nSPS) is 10.6. The van der Waals surface area contributed by atoms with Gasteiger partial charge in [-0.3, -0.25) is 4.79 Å². The van der Waals surface area contributed by atoms with Crippen LogP contribution in [0.3, 0.4) is 0 Å². The van der Waals surface area contributed by atoms with Crippen molar-refractivity contribution < 1.29 is 22.4 Å². The van der Waals surface area contributed by atoms with Gasteiger partial charge in [0.15, 0.2) is 17.5 Å². The fourth-order valence-electron chi connectivity index (χ4n) is 2.35. The molecule has 1 amide bonds. The second-order valence-corrected chi connectivity index (χ2v) is 5.75. The summed E-state index contributed by atoms with van der Waals surface area (Å²) in [5, 5.41) is 5.05. The van der Waals surface area contributed by atoms with Crippen LogP contribution in [-0.4, -0.2) is 22.4 Å². The van der Waals surface area contributed by atoms with Crippen molar-refractivity contribution in [1.29, 1.82) is 0 Å². The molecular weight excluding hydrogens is 376 g/mol. The minimum Gasteiger partial charge on any atom is -0.354 e. The van der Waals surface area contributed by atoms with Gasteiger partial charge in [-0.25, -0.2) is 27.5 Å². The quantitative estimate of drug-likeness (QED) is 0.494. The second-order valence-electron chi connectivity index (χ2n) is 5.75. The molecule has 144 valence electrons. The Bertz CT molecular complexity index is 996. The minimum absolute atomic E-state index is 0.0941. The molecule has 28 heavy (non-hydrogen) atoms. The van der Waals surface area contributed by atoms with E-state index in [-0.39, 0.29) is 17.5 Å². The van der Waals surface area contributed by atoms with E-state index < -0.39 is 29.0 Å². The van der Waals surface area contributed by atoms with E-state index in [9.17, 15) is 22.4 Å². The molecule has 3 aromatic rings. The topological polar surface area (TPSA) is 66.9 Å². The van der Waals surface area contributed by atoms with Crippen LogP contribution in [0.2, 0.25) is 0 Å². The van der Waals surface area contributed by atoms with E-state index >= 15 is 0 Å². The predicted octanol–water partition coefficient (Wildman–Crippen LogP) is 3.94. The van der Waals surface area contributed by atoms with E-state index in [1.807, 2.05) is 0 Å². The molecular formula is C19H14F4N4O. The fraction of sp³-hybridized carbons (Fsp3) is 0.105. The van der Waals surface area contributed by atoms with Crippen molar-refractivity contribution in [2.75, 3.05) is 17.2 Å². The number of carbonyl (C=O) groups excluding carboxylic acids is 1. The van der Waals surface area contributed by atoms with Crippen molar-refractivity contribution >= 4 is 17.5 Å². The van der Waals surface area contributed by atoms with Crippen LogP contribution in [0.4, 0.5) is 29.2 Å². The van der Waals surface area contributed by atoms with Gasteiger partial charge in [-0.1, -0.05) is 12.1 Å². The van der Waals surface area contributed by atoms with Crippen molar-refractivity contribution in [3.63, 3.8) is 0 Å². The number of amides is 1. The van der Waals surface area contributed by atoms with E-state index in [1.165, 1.54) is 24.4 Å². The van der Waals surface area contributed by atoms with Gasteiger partial charge < -0.3 is 10.6 Å². The maximum absolute atomic E-state index is 13.7. The number of anilines is 2. The standard InChI is InChI=1S/C19H14F4N4O/c20-12-3-1-11(2-4-12)7-9-24-19-25-10-8-15(27-19)18(28)26-14-6-5-13(21)16(22)17(14)23/h1-6,8,10H,7,9H2,(H,26,28)(H,24,25,27). The van der Waals surface area contributed by atoms with E-state index in [1.54, 1.807) is 12.1 Å². The maximum Gasteiger partial charge on any atom is 0.274 e. The summed E-state index contributed by atoms with van der Waals surface area (Å²) in [6.07, 6.45) is 1.89. The third-order valence-electron chi connectivity index (χ3n) is 3.78. The monoisotopic (exact) mass is 390 g/mol. The van der Waals surface area contributed by atoms with Crippen LogP contribution in [0, 0.1) is 23.3 Å². The predicted molar refractivity (Wildman–Crippen MR) is 94.9 cm³/mol. The summed E-state index contributed by atoms with van der Waals surface area (Å²) in [5.41, 5.74) is 0.299. The first-order chi connectivity index (χ1) is 13.4. The molecule has 9 heteroatoms. The third-order valence-corrected chi connectivity index (χ3v) is 3.78. The Labute approximate surface area is 157 Å². The molecule has 0 radical (unpaired) electrons. The summed E-state index contributed by atoms with van der Waals surface area (Å²) >= 11 is 0. The molecule has 0 saturated heterocycles. The second kappa shape index (κ2) is 8.47. The molecule has 0 atom stereocenters. The number of benzene rings is 2. The number of halogens is 4. The number of hydrogen-bond acceptors (Lipinski definition) is 4. The first kappa shape index (κ1) is 19.3. The molecule has 0 unspecified atom stereocenters. The van der Waals surface area contributed by atoms with Crippen LogP contribution in [0.5, 0.6) is 0 Å². The third kappa shape index (κ3) is 4.61. The molecule has 0 spiro atoms. The Morgan fingerprint density at radius 2 is 1.68 bits per heavy atom. The molecule has 2 N–H and O–H groups in total. The minimum atomic E-state index is -1.68. The van der Waals surface area contributed by atoms with Crippen molar-refractivity contribution in [2.24, 2.45) is 0 Å². The van der Waals surface area contributed by atoms with E-state index in [4.69, 9.17) is 0 Å². The first-order valence-electron chi connectivity index (χ1n) is 8.20. The zero-order valence-electron chi connectivity index (χ0n) is 14.3. The lowest BCUT2D eigenvalue weighted by molar-refractivity contribution is 0.102. The van der Waals surface area contributed by atoms with Crippen LogP contribution in [0.25, 0.3) is 0 Å². The Kier molecular flexibility index (Phi) is 5.83. The lowest BCUT2D eigenvalue weighted by Gasteiger charge is -2.09. The lowest BCUT2D eigenvalue weighted by Crippen LogP contribution is -2.17. The number of hydrogen-bond donors (Lipinski definition) is 2. The average molecular weight is 390 g/mol. The van der Waals surface area contributed by atoms with Gasteiger partial charge in [0.25, 0.3) is 5.91 Å². The van der Waals surface area contributed by atoms with Crippen LogP contribution < -0.4 is 10.6 Å². The number of nitrogens with zero attached hydrogens (tertiary/aromatic N) is 2. The van der Waals surface area contributed by atoms with Gasteiger partial charge in [-0.15, -0.1) is 0 Å². The smallest absolute Gasteiger partial charge is 0.274 e. The van der Waals surface area contributed by atoms with Gasteiger partial charge in [0, 0.05) is 12.7 Å². The highest BCUT2D eigenvalue weighted by molar-refractivity contribution is 6.03. The Morgan fingerprint density at radius 3 is 2.43 bits per heavy atom. The molecule has 1 heterocycles. The highest BCUT2D eigenvalue weighted by Crippen LogP contribution is 2.20. The van der Waals surface area contributed by atoms with Crippen molar-refractivity contribution in [3.05, 3.63) is 83.2 Å². The van der Waals surface area contributed by atoms with Crippen molar-refractivity contribution in [3.8, 4) is 0 Å². The molecule has 0 saturated carbocycles. The van der Waals surface area contributed by atoms with Gasteiger partial charge in [0.2, 0.25) is 5.95 Å². The zero-order chi connectivity index (χ0) is 20.1. The average Bonchev–Trinajstić information content (AvgIpc) is 2.70. The van der Waals surface area contributed by atoms with E-state index in [0.717, 1.165) is 11.6 Å². The summed E-state index contributed by atoms with van der Waals surface area (Å²) in [6.45, 7) is 0.425. The van der Waals surface area contributed by atoms with Gasteiger partial charge in [-0.05, 0) is 42.3 Å². The SMILES string of the molecule is O=C(Nc1ccc(F)c(F)c1F)c1ccnc(NCCc2ccc(F)cc2)n1. The summed E-state index contributed by atoms with van der Waals surface area (Å²) in [6, 6.07) is 8.92. The van der Waals surface area contributed by atoms with Gasteiger partial charge in [-0.2, -0.15) is 0 Å². The molecule has 0 fully saturated rings. The molecule has 3 rings (SSSR count). The maximum atomic E-state index is 13.7. The van der Waals surface area contributed by atoms with E-state index in [0.29, 0.717) is 19.0 Å². The largest absolute Gasteiger partial charge is 0.354 e. The molecule has 5 nitrogen and oxygen atoms in total. The highest BCUT2D eigenvalue weighted by Gasteiger charge is 2.17. The molecule has 0 aliphatic carbocycles. The Morgan fingerprint density at radius 1 is 0.929 bits per heavy atom. The molecule has 1 aromatic heterocycles. The first-order valence-corrected chi connectivity index (χ1v) is 8.20. The number of aromatic nitrogens is 2. The summed E-state index contributed by atoms with van der Waals surface area (Å²) in [4.78, 5) is 20.2. The van der Waals surface area contributed by atoms with Crippen molar-refractivity contribution in [2.45, 2.75) is 6.42 Å². The number of rotatable bonds is 6. The highest BCUT2D eigenvalue weighted by atomic mass is 19.2. The number of carbonyl (C=O) groups is 1. The molecule has 0 aliphatic rings. The van der Waals surface area contributed by atoms with Gasteiger partial charge in [0.1, 0.15) is 11.5 Å². The molecule has 2 aromatic carbocycles. The molecule has 0 bridgehead atoms. The Hall–Kier alpha value is -3.49. The zero-order valence-corrected chi connectivity index (χ0v) is 14.3. The van der Waals surface area contributed by atoms with E-state index in [2.05, 4.69) is 20.6 Å². The summed E-state index contributed by atoms with van der Waals surface area (Å²) in [5.74, 6) is -5.51. The van der Waals surface area contributed by atoms with Crippen LogP contribution in [0.15, 0.2) is 48.7 Å². The van der Waals surface area contributed by atoms with Gasteiger partial charge >= 0.3 is 0 Å². The van der Waals surface area contributed by atoms with Crippen LogP contribution >= 0.6 is 0 Å². The fourth-order valence-corrected chi connectivity index (χ4v) is 2.35. The van der Waals surface area contributed by atoms with Crippen LogP contribution in [0.1, 0.15) is 16.1 Å². The summed E-state index contributed by atoms with van der Waals surface area (Å²) < 4.78 is 52.8. The lowest BCUT2D eigenvalue weighted by atomic mass is 10.1. The Balaban J connectivity index is 1.63. The molecule has 0 aliphatic heterocycles. The number of nitrogens with one attached hydrogen (secondary N) is 2. The summed E-state index contributed by atoms with van der Waals surface area (Å²) in [7, 11) is 0. The van der Waals surface area contributed by atoms with Gasteiger partial charge in [0.05, 0.1) is 5.69 Å². The van der Waals surface area contributed by atoms with Crippen molar-refractivity contribution in [1.82, 2.24) is 9.97 Å².